The van der Waals surface area contributed by atoms with Gasteiger partial charge < -0.3 is 39.4 Å². The summed E-state index contributed by atoms with van der Waals surface area (Å²) in [5.74, 6) is -1.42. The van der Waals surface area contributed by atoms with Gasteiger partial charge in [0.05, 0.1) is 33.3 Å². The van der Waals surface area contributed by atoms with Crippen molar-refractivity contribution in [3.63, 3.8) is 0 Å². The highest BCUT2D eigenvalue weighted by Crippen LogP contribution is 2.43. The van der Waals surface area contributed by atoms with Crippen molar-refractivity contribution < 1.29 is 47.8 Å². The molecule has 0 radical (unpaired) electrons. The lowest BCUT2D eigenvalue weighted by atomic mass is 9.96. The fraction of sp³-hybridized carbons (Fsp3) is 0.731. The molecule has 4 atom stereocenters. The molecule has 0 amide bonds. The van der Waals surface area contributed by atoms with Gasteiger partial charge in [-0.15, -0.1) is 0 Å². The lowest BCUT2D eigenvalue weighted by molar-refractivity contribution is -0.145. The molecule has 0 bridgehead atoms. The summed E-state index contributed by atoms with van der Waals surface area (Å²) >= 11 is 0. The quantitative estimate of drug-likeness (QED) is 0.150. The number of aliphatic hydroxyl groups is 2. The van der Waals surface area contributed by atoms with E-state index in [4.69, 9.17) is 29.2 Å². The molecule has 1 fully saturated rings. The van der Waals surface area contributed by atoms with Crippen LogP contribution in [-0.4, -0.2) is 99.5 Å². The Labute approximate surface area is 255 Å². The molecule has 0 saturated carbocycles. The van der Waals surface area contributed by atoms with E-state index in [1.54, 1.807) is 0 Å². The smallest absolute Gasteiger partial charge is 0.341 e. The zero-order valence-corrected chi connectivity index (χ0v) is 27.2. The Balaban J connectivity index is 1.75. The van der Waals surface area contributed by atoms with Crippen LogP contribution in [0.1, 0.15) is 54.7 Å². The first-order valence-electron chi connectivity index (χ1n) is 13.9. The number of nitrogen functional groups attached to an aromatic ring is 1. The molecule has 44 heavy (non-hydrogen) atoms. The van der Waals surface area contributed by atoms with Crippen LogP contribution < -0.4 is 20.6 Å². The highest BCUT2D eigenvalue weighted by Gasteiger charge is 2.54. The number of imidazole rings is 1. The second-order valence-electron chi connectivity index (χ2n) is 13.1. The Kier molecular flexibility index (Phi) is 11.0. The summed E-state index contributed by atoms with van der Waals surface area (Å²) in [6.45, 7) is 11.3. The molecule has 1 aliphatic rings. The van der Waals surface area contributed by atoms with Crippen LogP contribution in [0.4, 0.5) is 5.95 Å². The maximum absolute atomic E-state index is 13.7. The summed E-state index contributed by atoms with van der Waals surface area (Å²) < 4.78 is 42.3. The van der Waals surface area contributed by atoms with Crippen molar-refractivity contribution in [2.24, 2.45) is 10.8 Å². The van der Waals surface area contributed by atoms with Crippen LogP contribution in [0.25, 0.3) is 11.2 Å². The van der Waals surface area contributed by atoms with Crippen molar-refractivity contribution in [3.8, 4) is 5.88 Å². The number of nitrogens with zero attached hydrogens (tertiary/aromatic N) is 4. The van der Waals surface area contributed by atoms with Crippen molar-refractivity contribution >= 4 is 36.7 Å². The van der Waals surface area contributed by atoms with E-state index in [-0.39, 0.29) is 47.0 Å². The Morgan fingerprint density at radius 3 is 2.14 bits per heavy atom. The van der Waals surface area contributed by atoms with Gasteiger partial charge in [0.25, 0.3) is 0 Å². The van der Waals surface area contributed by atoms with Gasteiger partial charge in [-0.3, -0.25) is 18.7 Å². The minimum absolute atomic E-state index is 0.101. The third-order valence-electron chi connectivity index (χ3n) is 6.22. The van der Waals surface area contributed by atoms with E-state index < -0.39 is 63.3 Å². The minimum Gasteiger partial charge on any atom is -0.479 e. The van der Waals surface area contributed by atoms with E-state index >= 15 is 0 Å². The number of aromatic nitrogens is 4. The molecule has 0 unspecified atom stereocenters. The third kappa shape index (κ3) is 9.30. The maximum atomic E-state index is 13.7. The minimum atomic E-state index is -4.16. The highest BCUT2D eigenvalue weighted by atomic mass is 31.2. The highest BCUT2D eigenvalue weighted by molar-refractivity contribution is 7.54. The number of anilines is 1. The van der Waals surface area contributed by atoms with Gasteiger partial charge in [-0.25, -0.2) is 15.2 Å². The number of nitrogens with one attached hydrogen (secondary N) is 2. The van der Waals surface area contributed by atoms with Crippen molar-refractivity contribution in [3.05, 3.63) is 6.33 Å². The summed E-state index contributed by atoms with van der Waals surface area (Å²) in [5.41, 5.74) is 3.71. The molecule has 248 valence electrons. The molecule has 3 heterocycles. The lowest BCUT2D eigenvalue weighted by Crippen LogP contribution is -2.44. The molecular weight excluding hydrogens is 601 g/mol. The third-order valence-corrected chi connectivity index (χ3v) is 7.88. The number of carbonyl (C=O) groups is 2. The Morgan fingerprint density at radius 1 is 1.09 bits per heavy atom. The lowest BCUT2D eigenvalue weighted by Gasteiger charge is -2.27. The van der Waals surface area contributed by atoms with Crippen molar-refractivity contribution in [1.82, 2.24) is 29.7 Å². The van der Waals surface area contributed by atoms with Crippen molar-refractivity contribution in [1.29, 1.82) is 0 Å². The summed E-state index contributed by atoms with van der Waals surface area (Å²) in [5, 5.41) is 27.2. The first kappa shape index (κ1) is 35.6. The van der Waals surface area contributed by atoms with Crippen LogP contribution in [0, 0.1) is 10.8 Å². The van der Waals surface area contributed by atoms with E-state index in [0.29, 0.717) is 0 Å². The van der Waals surface area contributed by atoms with Gasteiger partial charge in [0.15, 0.2) is 17.4 Å². The zero-order valence-electron chi connectivity index (χ0n) is 26.3. The molecule has 6 N–H and O–H groups in total. The Hall–Kier alpha value is -2.92. The average molecular weight is 646 g/mol. The molecule has 0 spiro atoms. The molecule has 2 aromatic rings. The predicted molar refractivity (Wildman–Crippen MR) is 157 cm³/mol. The van der Waals surface area contributed by atoms with Crippen LogP contribution >= 0.6 is 7.67 Å². The topological polar surface area (TPSA) is 231 Å². The van der Waals surface area contributed by atoms with Crippen LogP contribution in [0.15, 0.2) is 6.33 Å². The molecular formula is C26H44N7O10P. The number of nitrogens with two attached hydrogens (primary N) is 1. The maximum Gasteiger partial charge on any atom is 0.341 e. The summed E-state index contributed by atoms with van der Waals surface area (Å²) in [6.07, 6.45) is -2.70. The first-order valence-corrected chi connectivity index (χ1v) is 15.5. The second kappa shape index (κ2) is 13.6. The number of rotatable bonds is 13. The average Bonchev–Trinajstić information content (AvgIpc) is 3.43. The normalized spacial score (nSPS) is 22.7. The fourth-order valence-electron chi connectivity index (χ4n) is 3.96. The number of hydrogen-bond acceptors (Lipinski definition) is 14. The number of methoxy groups -OCH3 is 1. The van der Waals surface area contributed by atoms with E-state index in [9.17, 15) is 24.4 Å². The zero-order chi connectivity index (χ0) is 33.1. The van der Waals surface area contributed by atoms with Crippen LogP contribution in [0.5, 0.6) is 5.88 Å². The van der Waals surface area contributed by atoms with Gasteiger partial charge in [0.2, 0.25) is 11.8 Å². The summed E-state index contributed by atoms with van der Waals surface area (Å²) in [4.78, 5) is 37.0. The van der Waals surface area contributed by atoms with Crippen LogP contribution in [0.2, 0.25) is 0 Å². The van der Waals surface area contributed by atoms with Gasteiger partial charge in [0, 0.05) is 0 Å². The van der Waals surface area contributed by atoms with Crippen LogP contribution in [0.3, 0.4) is 0 Å². The molecule has 17 nitrogen and oxygen atoms in total. The number of esters is 2. The number of hydrogen-bond donors (Lipinski definition) is 5. The van der Waals surface area contributed by atoms with Gasteiger partial charge >= 0.3 is 19.6 Å². The molecule has 0 aliphatic carbocycles. The number of aliphatic hydroxyl groups excluding tert-OH is 1. The Morgan fingerprint density at radius 2 is 1.64 bits per heavy atom. The van der Waals surface area contributed by atoms with Gasteiger partial charge in [-0.05, 0) is 17.8 Å². The monoisotopic (exact) mass is 645 g/mol. The second-order valence-corrected chi connectivity index (χ2v) is 15.1. The molecule has 1 saturated heterocycles. The van der Waals surface area contributed by atoms with E-state index in [1.165, 1.54) is 24.9 Å². The molecule has 0 aromatic carbocycles. The first-order chi connectivity index (χ1) is 20.2. The fourth-order valence-corrected chi connectivity index (χ4v) is 5.28. The summed E-state index contributed by atoms with van der Waals surface area (Å²) in [6, 6.07) is 0. The van der Waals surface area contributed by atoms with Crippen molar-refractivity contribution in [2.45, 2.75) is 72.5 Å². The van der Waals surface area contributed by atoms with Crippen LogP contribution in [-0.2, 0) is 32.9 Å². The van der Waals surface area contributed by atoms with E-state index in [0.717, 1.165) is 0 Å². The number of ether oxygens (including phenoxy) is 4. The molecule has 3 rings (SSSR count). The van der Waals surface area contributed by atoms with E-state index in [2.05, 4.69) is 25.1 Å². The van der Waals surface area contributed by atoms with Gasteiger partial charge in [0.1, 0.15) is 30.9 Å². The largest absolute Gasteiger partial charge is 0.479 e. The van der Waals surface area contributed by atoms with Gasteiger partial charge in [-0.1, -0.05) is 41.5 Å². The SMILES string of the molecule is COc1nc(N)nc2c1ncn2[C@@H]1O[C@H](COP(=O)(NCC(=O)OCC(C)(C)C)NCC(=O)OCC(C)(C)C)[C@@H](O)[C@@]1(C)O. The number of fused-ring (bicyclic) bond motifs is 1. The Bertz CT molecular complexity index is 1330. The standard InChI is InChI=1S/C26H44N7O10P/c1-24(2,3)12-40-16(34)9-29-44(38,30-10-17(35)41-13-25(4,5)6)42-11-15-19(36)26(7,37)22(43-15)33-14-28-18-20(33)31-23(27)32-21(18)39-8/h14-15,19,22,36-37H,9-13H2,1-8H3,(H2,27,31,32)(H2,29,30,38)/t15-,19-,22-,26-/m1/s1. The molecule has 2 aromatic heterocycles. The van der Waals surface area contributed by atoms with E-state index in [1.807, 2.05) is 41.5 Å². The van der Waals surface area contributed by atoms with Crippen molar-refractivity contribution in [2.75, 3.05) is 45.8 Å². The predicted octanol–water partition coefficient (Wildman–Crippen LogP) is 0.909. The summed E-state index contributed by atoms with van der Waals surface area (Å²) in [7, 11) is -2.78. The van der Waals surface area contributed by atoms with Gasteiger partial charge in [-0.2, -0.15) is 9.97 Å². The molecule has 18 heteroatoms. The molecule has 1 aliphatic heterocycles. The number of carbonyl (C=O) groups excluding carboxylic acids is 2.